The third kappa shape index (κ3) is 1.52. The van der Waals surface area contributed by atoms with Crippen molar-refractivity contribution in [3.05, 3.63) is 30.5 Å². The van der Waals surface area contributed by atoms with Crippen LogP contribution >= 0.6 is 0 Å². The van der Waals surface area contributed by atoms with Gasteiger partial charge in [-0.3, -0.25) is 5.10 Å². The number of rotatable bonds is 2. The second kappa shape index (κ2) is 3.55. The summed E-state index contributed by atoms with van der Waals surface area (Å²) in [6, 6.07) is 7.90. The molecule has 0 atom stereocenters. The van der Waals surface area contributed by atoms with Gasteiger partial charge in [0, 0.05) is 17.0 Å². The van der Waals surface area contributed by atoms with E-state index in [-0.39, 0.29) is 0 Å². The van der Waals surface area contributed by atoms with E-state index in [4.69, 9.17) is 10.5 Å². The molecule has 0 radical (unpaired) electrons. The average molecular weight is 228 g/mol. The number of aromatic amines is 2. The topological polar surface area (TPSA) is 79.7 Å². The van der Waals surface area contributed by atoms with E-state index in [1.165, 1.54) is 0 Å². The van der Waals surface area contributed by atoms with Crippen LogP contribution < -0.4 is 10.5 Å². The van der Waals surface area contributed by atoms with Crippen LogP contribution in [-0.2, 0) is 0 Å². The molecule has 0 amide bonds. The van der Waals surface area contributed by atoms with Gasteiger partial charge in [-0.15, -0.1) is 0 Å². The molecule has 1 aromatic carbocycles. The highest BCUT2D eigenvalue weighted by molar-refractivity contribution is 5.88. The van der Waals surface area contributed by atoms with E-state index < -0.39 is 0 Å². The zero-order valence-electron chi connectivity index (χ0n) is 9.32. The lowest BCUT2D eigenvalue weighted by Crippen LogP contribution is -1.86. The van der Waals surface area contributed by atoms with Crippen LogP contribution in [0.2, 0.25) is 0 Å². The van der Waals surface area contributed by atoms with Gasteiger partial charge in [0.05, 0.1) is 24.7 Å². The third-order valence-electron chi connectivity index (χ3n) is 2.77. The second-order valence-electron chi connectivity index (χ2n) is 3.84. The van der Waals surface area contributed by atoms with E-state index in [1.54, 1.807) is 13.3 Å². The Morgan fingerprint density at radius 1 is 1.29 bits per heavy atom. The van der Waals surface area contributed by atoms with Crippen molar-refractivity contribution in [3.8, 4) is 17.1 Å². The highest BCUT2D eigenvalue weighted by Gasteiger charge is 2.08. The Bertz CT molecular complexity index is 668. The van der Waals surface area contributed by atoms with Gasteiger partial charge in [-0.25, -0.2) is 0 Å². The Morgan fingerprint density at radius 3 is 2.88 bits per heavy atom. The van der Waals surface area contributed by atoms with Crippen LogP contribution in [0.4, 0.5) is 5.69 Å². The van der Waals surface area contributed by atoms with E-state index in [0.29, 0.717) is 5.69 Å². The van der Waals surface area contributed by atoms with Gasteiger partial charge < -0.3 is 15.5 Å². The van der Waals surface area contributed by atoms with Gasteiger partial charge in [-0.1, -0.05) is 0 Å². The van der Waals surface area contributed by atoms with Gasteiger partial charge in [0.2, 0.25) is 0 Å². The summed E-state index contributed by atoms with van der Waals surface area (Å²) in [4.78, 5) is 3.28. The summed E-state index contributed by atoms with van der Waals surface area (Å²) in [6.07, 6.45) is 1.60. The first-order valence-electron chi connectivity index (χ1n) is 5.24. The maximum Gasteiger partial charge on any atom is 0.120 e. The number of fused-ring (bicyclic) bond motifs is 1. The fourth-order valence-electron chi connectivity index (χ4n) is 1.88. The smallest absolute Gasteiger partial charge is 0.120 e. The molecular weight excluding hydrogens is 216 g/mol. The minimum Gasteiger partial charge on any atom is -0.497 e. The van der Waals surface area contributed by atoms with Crippen LogP contribution in [0.15, 0.2) is 30.5 Å². The van der Waals surface area contributed by atoms with Crippen molar-refractivity contribution in [1.82, 2.24) is 15.2 Å². The van der Waals surface area contributed by atoms with Crippen molar-refractivity contribution < 1.29 is 4.74 Å². The highest BCUT2D eigenvalue weighted by atomic mass is 16.5. The van der Waals surface area contributed by atoms with Gasteiger partial charge in [0.1, 0.15) is 11.4 Å². The fraction of sp³-hybridized carbons (Fsp3) is 0.0833. The molecule has 3 aromatic rings. The summed E-state index contributed by atoms with van der Waals surface area (Å²) in [7, 11) is 1.65. The molecule has 86 valence electrons. The molecule has 3 rings (SSSR count). The number of H-pyrrole nitrogens is 2. The first-order chi connectivity index (χ1) is 8.28. The molecule has 17 heavy (non-hydrogen) atoms. The van der Waals surface area contributed by atoms with Gasteiger partial charge in [-0.2, -0.15) is 5.10 Å². The normalized spacial score (nSPS) is 10.9. The minimum atomic E-state index is 0.628. The summed E-state index contributed by atoms with van der Waals surface area (Å²) in [6.45, 7) is 0. The van der Waals surface area contributed by atoms with Gasteiger partial charge in [-0.05, 0) is 18.2 Å². The molecule has 5 nitrogen and oxygen atoms in total. The minimum absolute atomic E-state index is 0.628. The predicted molar refractivity (Wildman–Crippen MR) is 66.8 cm³/mol. The van der Waals surface area contributed by atoms with Crippen LogP contribution in [0.5, 0.6) is 5.75 Å². The molecule has 2 aromatic heterocycles. The molecule has 0 saturated carbocycles. The zero-order valence-corrected chi connectivity index (χ0v) is 9.32. The summed E-state index contributed by atoms with van der Waals surface area (Å²) in [5, 5.41) is 7.89. The fourth-order valence-corrected chi connectivity index (χ4v) is 1.88. The van der Waals surface area contributed by atoms with Crippen molar-refractivity contribution in [3.63, 3.8) is 0 Å². The summed E-state index contributed by atoms with van der Waals surface area (Å²) in [5.41, 5.74) is 9.17. The number of hydrogen-bond acceptors (Lipinski definition) is 3. The number of benzene rings is 1. The number of aromatic nitrogens is 3. The van der Waals surface area contributed by atoms with Crippen LogP contribution in [0.1, 0.15) is 0 Å². The molecule has 0 aliphatic rings. The van der Waals surface area contributed by atoms with E-state index in [0.717, 1.165) is 28.0 Å². The van der Waals surface area contributed by atoms with E-state index in [1.807, 2.05) is 24.3 Å². The number of nitrogens with one attached hydrogen (secondary N) is 2. The first-order valence-corrected chi connectivity index (χ1v) is 5.24. The second-order valence-corrected chi connectivity index (χ2v) is 3.84. The lowest BCUT2D eigenvalue weighted by atomic mass is 10.2. The van der Waals surface area contributed by atoms with Crippen molar-refractivity contribution >= 4 is 16.6 Å². The van der Waals surface area contributed by atoms with Gasteiger partial charge in [0.25, 0.3) is 0 Å². The number of nitrogens with zero attached hydrogens (tertiary/aromatic N) is 1. The van der Waals surface area contributed by atoms with Gasteiger partial charge in [0.15, 0.2) is 0 Å². The molecule has 4 N–H and O–H groups in total. The van der Waals surface area contributed by atoms with Crippen LogP contribution in [0, 0.1) is 0 Å². The Kier molecular flexibility index (Phi) is 2.04. The number of methoxy groups -OCH3 is 1. The molecule has 0 saturated heterocycles. The summed E-state index contributed by atoms with van der Waals surface area (Å²) >= 11 is 0. The Morgan fingerprint density at radius 2 is 2.18 bits per heavy atom. The average Bonchev–Trinajstić information content (AvgIpc) is 2.93. The summed E-state index contributed by atoms with van der Waals surface area (Å²) < 4.78 is 5.18. The molecule has 0 spiro atoms. The van der Waals surface area contributed by atoms with Crippen LogP contribution in [-0.4, -0.2) is 22.3 Å². The van der Waals surface area contributed by atoms with E-state index in [2.05, 4.69) is 15.2 Å². The quantitative estimate of drug-likeness (QED) is 0.628. The highest BCUT2D eigenvalue weighted by Crippen LogP contribution is 2.28. The van der Waals surface area contributed by atoms with Crippen molar-refractivity contribution in [2.24, 2.45) is 0 Å². The van der Waals surface area contributed by atoms with E-state index in [9.17, 15) is 0 Å². The maximum atomic E-state index is 5.81. The molecule has 0 aliphatic heterocycles. The van der Waals surface area contributed by atoms with Crippen LogP contribution in [0.3, 0.4) is 0 Å². The monoisotopic (exact) mass is 228 g/mol. The molecule has 2 heterocycles. The van der Waals surface area contributed by atoms with Gasteiger partial charge >= 0.3 is 0 Å². The lowest BCUT2D eigenvalue weighted by molar-refractivity contribution is 0.415. The molecule has 0 aliphatic carbocycles. The first kappa shape index (κ1) is 9.77. The van der Waals surface area contributed by atoms with Crippen molar-refractivity contribution in [2.45, 2.75) is 0 Å². The Labute approximate surface area is 97.6 Å². The molecule has 5 heteroatoms. The van der Waals surface area contributed by atoms with Crippen LogP contribution in [0.25, 0.3) is 22.3 Å². The standard InChI is InChI=1S/C12H12N4O/c1-17-8-3-2-7-4-11(15-10(7)5-8)12-9(13)6-14-16-12/h2-6,15H,13H2,1H3,(H,14,16). The third-order valence-corrected chi connectivity index (χ3v) is 2.77. The number of nitrogen functional groups attached to an aromatic ring is 1. The Hall–Kier alpha value is -2.43. The predicted octanol–water partition coefficient (Wildman–Crippen LogP) is 2.15. The molecular formula is C12H12N4O. The maximum absolute atomic E-state index is 5.81. The lowest BCUT2D eigenvalue weighted by Gasteiger charge is -1.97. The Balaban J connectivity index is 2.17. The van der Waals surface area contributed by atoms with Crippen molar-refractivity contribution in [1.29, 1.82) is 0 Å². The van der Waals surface area contributed by atoms with Crippen molar-refractivity contribution in [2.75, 3.05) is 12.8 Å². The molecule has 0 bridgehead atoms. The SMILES string of the molecule is COc1ccc2cc(-c3[nH]ncc3N)[nH]c2c1. The largest absolute Gasteiger partial charge is 0.497 e. The molecule has 0 unspecified atom stereocenters. The summed E-state index contributed by atoms with van der Waals surface area (Å²) in [5.74, 6) is 0.823. The number of nitrogens with two attached hydrogens (primary N) is 1. The number of anilines is 1. The zero-order chi connectivity index (χ0) is 11.8. The number of hydrogen-bond donors (Lipinski definition) is 3. The van der Waals surface area contributed by atoms with E-state index >= 15 is 0 Å². The number of ether oxygens (including phenoxy) is 1. The molecule has 0 fully saturated rings.